The molecule has 4 rings (SSSR count). The van der Waals surface area contributed by atoms with Gasteiger partial charge >= 0.3 is 12.1 Å². The number of nitrogens with zero attached hydrogens (tertiary/aromatic N) is 1. The largest absolute Gasteiger partial charge is 0.481 e. The van der Waals surface area contributed by atoms with E-state index in [4.69, 9.17) is 9.84 Å². The molecule has 2 aromatic carbocycles. The molecule has 33 heavy (non-hydrogen) atoms. The lowest BCUT2D eigenvalue weighted by atomic mass is 9.98. The number of carboxylic acid groups (broad SMARTS) is 1. The van der Waals surface area contributed by atoms with Crippen molar-refractivity contribution in [3.63, 3.8) is 0 Å². The summed E-state index contributed by atoms with van der Waals surface area (Å²) < 4.78 is 5.62. The van der Waals surface area contributed by atoms with Gasteiger partial charge in [-0.05, 0) is 41.5 Å². The smallest absolute Gasteiger partial charge is 0.407 e. The summed E-state index contributed by atoms with van der Waals surface area (Å²) in [6, 6.07) is 15.5. The minimum Gasteiger partial charge on any atom is -0.481 e. The fraction of sp³-hybridized carbons (Fsp3) is 0.423. The van der Waals surface area contributed by atoms with Crippen LogP contribution in [0, 0.1) is 5.92 Å². The molecule has 0 aliphatic heterocycles. The zero-order chi connectivity index (χ0) is 23.4. The Morgan fingerprint density at radius 1 is 1.06 bits per heavy atom. The van der Waals surface area contributed by atoms with Crippen LogP contribution in [0.4, 0.5) is 4.79 Å². The number of carbonyl (C=O) groups excluding carboxylic acids is 2. The number of aliphatic carboxylic acids is 1. The summed E-state index contributed by atoms with van der Waals surface area (Å²) >= 11 is 0. The average molecular weight is 451 g/mol. The molecule has 1 unspecified atom stereocenters. The van der Waals surface area contributed by atoms with Crippen molar-refractivity contribution in [1.29, 1.82) is 0 Å². The summed E-state index contributed by atoms with van der Waals surface area (Å²) in [7, 11) is 0. The number of amides is 2. The Balaban J connectivity index is 1.41. The van der Waals surface area contributed by atoms with Gasteiger partial charge in [-0.15, -0.1) is 0 Å². The molecule has 0 bridgehead atoms. The van der Waals surface area contributed by atoms with E-state index in [9.17, 15) is 14.4 Å². The van der Waals surface area contributed by atoms with Crippen LogP contribution in [-0.4, -0.2) is 53.7 Å². The van der Waals surface area contributed by atoms with Gasteiger partial charge in [-0.2, -0.15) is 0 Å². The van der Waals surface area contributed by atoms with Gasteiger partial charge in [0.05, 0.1) is 6.42 Å². The van der Waals surface area contributed by atoms with Crippen molar-refractivity contribution >= 4 is 18.0 Å². The number of hydrogen-bond acceptors (Lipinski definition) is 4. The number of carboxylic acids is 1. The van der Waals surface area contributed by atoms with Gasteiger partial charge in [0.15, 0.2) is 0 Å². The molecule has 0 heterocycles. The van der Waals surface area contributed by atoms with E-state index < -0.39 is 18.1 Å². The van der Waals surface area contributed by atoms with Crippen LogP contribution in [-0.2, 0) is 14.3 Å². The van der Waals surface area contributed by atoms with Crippen molar-refractivity contribution in [3.05, 3.63) is 59.7 Å². The molecular formula is C26H30N2O5. The zero-order valence-corrected chi connectivity index (χ0v) is 18.8. The third-order valence-corrected chi connectivity index (χ3v) is 6.49. The van der Waals surface area contributed by atoms with E-state index in [1.54, 1.807) is 6.92 Å². The third kappa shape index (κ3) is 5.35. The van der Waals surface area contributed by atoms with Crippen LogP contribution in [0.3, 0.4) is 0 Å². The molecule has 7 heteroatoms. The van der Waals surface area contributed by atoms with Crippen LogP contribution < -0.4 is 5.32 Å². The molecule has 0 spiro atoms. The van der Waals surface area contributed by atoms with Crippen molar-refractivity contribution < 1.29 is 24.2 Å². The van der Waals surface area contributed by atoms with Gasteiger partial charge in [0.25, 0.3) is 0 Å². The Bertz CT molecular complexity index is 987. The molecule has 2 N–H and O–H groups in total. The fourth-order valence-electron chi connectivity index (χ4n) is 4.57. The van der Waals surface area contributed by atoms with E-state index in [1.807, 2.05) is 24.3 Å². The van der Waals surface area contributed by atoms with E-state index in [2.05, 4.69) is 29.6 Å². The van der Waals surface area contributed by atoms with E-state index in [0.29, 0.717) is 18.9 Å². The summed E-state index contributed by atoms with van der Waals surface area (Å²) in [4.78, 5) is 38.2. The monoisotopic (exact) mass is 450 g/mol. The van der Waals surface area contributed by atoms with Crippen LogP contribution in [0.15, 0.2) is 48.5 Å². The quantitative estimate of drug-likeness (QED) is 0.570. The third-order valence-electron chi connectivity index (χ3n) is 6.49. The van der Waals surface area contributed by atoms with Crippen molar-refractivity contribution in [1.82, 2.24) is 10.2 Å². The van der Waals surface area contributed by atoms with E-state index in [1.165, 1.54) is 4.90 Å². The first-order valence-electron chi connectivity index (χ1n) is 11.6. The predicted octanol–water partition coefficient (Wildman–Crippen LogP) is 4.02. The van der Waals surface area contributed by atoms with Crippen LogP contribution in [0.1, 0.15) is 49.7 Å². The predicted molar refractivity (Wildman–Crippen MR) is 124 cm³/mol. The van der Waals surface area contributed by atoms with Gasteiger partial charge < -0.3 is 20.1 Å². The molecule has 2 aliphatic carbocycles. The molecule has 1 saturated carbocycles. The number of ether oxygens (including phenoxy) is 1. The Labute approximate surface area is 193 Å². The second-order valence-electron chi connectivity index (χ2n) is 8.76. The standard InChI is InChI=1S/C26H30N2O5/c1-2-28(14-13-24(29)30)25(31)23(15-17-11-12-17)27-26(32)33-16-22-20-9-5-3-7-18(20)19-8-4-6-10-21(19)22/h3-10,17,22-23H,2,11-16H2,1H3,(H,27,32)(H,29,30). The summed E-state index contributed by atoms with van der Waals surface area (Å²) in [5.41, 5.74) is 4.56. The molecule has 2 amide bonds. The Morgan fingerprint density at radius 3 is 2.21 bits per heavy atom. The molecule has 1 atom stereocenters. The molecular weight excluding hydrogens is 420 g/mol. The number of nitrogens with one attached hydrogen (secondary N) is 1. The van der Waals surface area contributed by atoms with E-state index in [0.717, 1.165) is 35.1 Å². The van der Waals surface area contributed by atoms with Crippen LogP contribution in [0.2, 0.25) is 0 Å². The number of carbonyl (C=O) groups is 3. The molecule has 0 radical (unpaired) electrons. The SMILES string of the molecule is CCN(CCC(=O)O)C(=O)C(CC1CC1)NC(=O)OCC1c2ccccc2-c2ccccc21. The summed E-state index contributed by atoms with van der Waals surface area (Å²) in [6.07, 6.45) is 1.88. The summed E-state index contributed by atoms with van der Waals surface area (Å²) in [6.45, 7) is 2.50. The van der Waals surface area contributed by atoms with Gasteiger partial charge in [0, 0.05) is 19.0 Å². The Hall–Kier alpha value is -3.35. The number of benzene rings is 2. The van der Waals surface area contributed by atoms with Gasteiger partial charge in [0.1, 0.15) is 12.6 Å². The van der Waals surface area contributed by atoms with E-state index in [-0.39, 0.29) is 31.4 Å². The lowest BCUT2D eigenvalue weighted by Gasteiger charge is -2.26. The maximum absolute atomic E-state index is 13.0. The topological polar surface area (TPSA) is 95.9 Å². The fourth-order valence-corrected chi connectivity index (χ4v) is 4.57. The minimum absolute atomic E-state index is 0.0524. The highest BCUT2D eigenvalue weighted by atomic mass is 16.5. The van der Waals surface area contributed by atoms with Crippen molar-refractivity contribution in [2.75, 3.05) is 19.7 Å². The Morgan fingerprint density at radius 2 is 1.67 bits per heavy atom. The average Bonchev–Trinajstić information content (AvgIpc) is 3.58. The van der Waals surface area contributed by atoms with Gasteiger partial charge in [0.2, 0.25) is 5.91 Å². The molecule has 1 fully saturated rings. The molecule has 7 nitrogen and oxygen atoms in total. The number of fused-ring (bicyclic) bond motifs is 3. The maximum atomic E-state index is 13.0. The highest BCUT2D eigenvalue weighted by Gasteiger charge is 2.34. The first-order chi connectivity index (χ1) is 16.0. The molecule has 0 aromatic heterocycles. The molecule has 174 valence electrons. The maximum Gasteiger partial charge on any atom is 0.407 e. The first-order valence-corrected chi connectivity index (χ1v) is 11.6. The second kappa shape index (κ2) is 10.1. The van der Waals surface area contributed by atoms with Gasteiger partial charge in [-0.3, -0.25) is 9.59 Å². The van der Waals surface area contributed by atoms with E-state index >= 15 is 0 Å². The molecule has 2 aromatic rings. The highest BCUT2D eigenvalue weighted by molar-refractivity contribution is 5.86. The van der Waals surface area contributed by atoms with Gasteiger partial charge in [-0.25, -0.2) is 4.79 Å². The van der Waals surface area contributed by atoms with Crippen LogP contribution in [0.25, 0.3) is 11.1 Å². The van der Waals surface area contributed by atoms with Crippen molar-refractivity contribution in [2.45, 2.75) is 44.6 Å². The zero-order valence-electron chi connectivity index (χ0n) is 18.8. The second-order valence-corrected chi connectivity index (χ2v) is 8.76. The molecule has 2 aliphatic rings. The minimum atomic E-state index is -0.954. The number of likely N-dealkylation sites (N-methyl/N-ethyl adjacent to an activating group) is 1. The van der Waals surface area contributed by atoms with Gasteiger partial charge in [-0.1, -0.05) is 61.4 Å². The molecule has 0 saturated heterocycles. The highest BCUT2D eigenvalue weighted by Crippen LogP contribution is 2.44. The number of alkyl carbamates (subject to hydrolysis) is 1. The van der Waals surface area contributed by atoms with Crippen molar-refractivity contribution in [3.8, 4) is 11.1 Å². The number of hydrogen-bond donors (Lipinski definition) is 2. The summed E-state index contributed by atoms with van der Waals surface area (Å²) in [5, 5.41) is 11.7. The summed E-state index contributed by atoms with van der Waals surface area (Å²) in [5.74, 6) is -0.849. The van der Waals surface area contributed by atoms with Crippen LogP contribution >= 0.6 is 0 Å². The van der Waals surface area contributed by atoms with Crippen molar-refractivity contribution in [2.24, 2.45) is 5.92 Å². The normalized spacial score (nSPS) is 15.3. The lowest BCUT2D eigenvalue weighted by molar-refractivity contribution is -0.139. The Kier molecular flexibility index (Phi) is 6.96. The van der Waals surface area contributed by atoms with Crippen LogP contribution in [0.5, 0.6) is 0 Å². The number of rotatable bonds is 10. The lowest BCUT2D eigenvalue weighted by Crippen LogP contribution is -2.49. The first kappa shape index (κ1) is 22.8.